The zero-order chi connectivity index (χ0) is 18.7. The van der Waals surface area contributed by atoms with Crippen molar-refractivity contribution in [1.82, 2.24) is 15.1 Å². The highest BCUT2D eigenvalue weighted by Gasteiger charge is 2.35. The summed E-state index contributed by atoms with van der Waals surface area (Å²) >= 11 is 0. The van der Waals surface area contributed by atoms with Crippen LogP contribution in [0, 0.1) is 0 Å². The van der Waals surface area contributed by atoms with Crippen molar-refractivity contribution in [2.75, 3.05) is 26.2 Å². The molecule has 0 saturated carbocycles. The Kier molecular flexibility index (Phi) is 5.71. The van der Waals surface area contributed by atoms with Crippen molar-refractivity contribution in [3.63, 3.8) is 0 Å². The molecule has 3 amide bonds. The van der Waals surface area contributed by atoms with Crippen molar-refractivity contribution in [1.29, 1.82) is 0 Å². The van der Waals surface area contributed by atoms with Crippen LogP contribution in [0.25, 0.3) is 0 Å². The van der Waals surface area contributed by atoms with Gasteiger partial charge in [0.05, 0.1) is 11.1 Å². The lowest BCUT2D eigenvalue weighted by atomic mass is 10.0. The second kappa shape index (κ2) is 7.99. The molecule has 26 heavy (non-hydrogen) atoms. The van der Waals surface area contributed by atoms with E-state index in [4.69, 9.17) is 0 Å². The Morgan fingerprint density at radius 2 is 1.96 bits per heavy atom. The first-order valence-electron chi connectivity index (χ1n) is 9.58. The molecule has 0 spiro atoms. The van der Waals surface area contributed by atoms with Crippen molar-refractivity contribution in [2.24, 2.45) is 0 Å². The molecule has 0 aliphatic carbocycles. The monoisotopic (exact) mass is 357 g/mol. The first kappa shape index (κ1) is 18.6. The molecule has 3 rings (SSSR count). The minimum absolute atomic E-state index is 0.128. The van der Waals surface area contributed by atoms with Gasteiger partial charge in [-0.25, -0.2) is 0 Å². The predicted octanol–water partition coefficient (Wildman–Crippen LogP) is 2.30. The van der Waals surface area contributed by atoms with Gasteiger partial charge < -0.3 is 10.2 Å². The summed E-state index contributed by atoms with van der Waals surface area (Å²) < 4.78 is 0. The van der Waals surface area contributed by atoms with E-state index in [2.05, 4.69) is 17.1 Å². The maximum absolute atomic E-state index is 12.6. The molecular weight excluding hydrogens is 330 g/mol. The summed E-state index contributed by atoms with van der Waals surface area (Å²) in [6.07, 6.45) is 3.74. The van der Waals surface area contributed by atoms with Crippen molar-refractivity contribution in [3.05, 3.63) is 34.9 Å². The smallest absolute Gasteiger partial charge is 0.261 e. The summed E-state index contributed by atoms with van der Waals surface area (Å²) in [5, 5.41) is 3.07. The van der Waals surface area contributed by atoms with Crippen LogP contribution in [0.1, 0.15) is 70.6 Å². The van der Waals surface area contributed by atoms with Crippen molar-refractivity contribution >= 4 is 17.7 Å². The van der Waals surface area contributed by atoms with Crippen LogP contribution >= 0.6 is 0 Å². The van der Waals surface area contributed by atoms with Gasteiger partial charge in [0.1, 0.15) is 0 Å². The van der Waals surface area contributed by atoms with Gasteiger partial charge in [0.15, 0.2) is 0 Å². The fraction of sp³-hybridized carbons (Fsp3) is 0.550. The number of nitrogens with one attached hydrogen (secondary N) is 1. The standard InChI is InChI=1S/C20H27N3O3/c1-3-5-11-23-19(25)16-9-8-14(12-17(16)20(23)26)18(24)21-15-7-6-10-22(4-2)13-15/h8-9,12,15H,3-7,10-11,13H2,1-2H3,(H,21,24). The number of rotatable bonds is 6. The van der Waals surface area contributed by atoms with E-state index in [9.17, 15) is 14.4 Å². The van der Waals surface area contributed by atoms with Crippen LogP contribution in [0.3, 0.4) is 0 Å². The molecule has 1 N–H and O–H groups in total. The molecule has 1 aromatic rings. The largest absolute Gasteiger partial charge is 0.348 e. The topological polar surface area (TPSA) is 69.7 Å². The van der Waals surface area contributed by atoms with E-state index >= 15 is 0 Å². The molecule has 2 heterocycles. The fourth-order valence-corrected chi connectivity index (χ4v) is 3.68. The summed E-state index contributed by atoms with van der Waals surface area (Å²) in [4.78, 5) is 41.1. The highest BCUT2D eigenvalue weighted by atomic mass is 16.2. The molecule has 1 aromatic carbocycles. The molecule has 6 nitrogen and oxygen atoms in total. The number of piperidine rings is 1. The van der Waals surface area contributed by atoms with Gasteiger partial charge in [0.2, 0.25) is 0 Å². The summed E-state index contributed by atoms with van der Waals surface area (Å²) in [6.45, 7) is 7.49. The van der Waals surface area contributed by atoms with E-state index in [1.165, 1.54) is 4.90 Å². The van der Waals surface area contributed by atoms with Crippen LogP contribution < -0.4 is 5.32 Å². The highest BCUT2D eigenvalue weighted by molar-refractivity contribution is 6.22. The lowest BCUT2D eigenvalue weighted by Gasteiger charge is -2.32. The third-order valence-electron chi connectivity index (χ3n) is 5.26. The van der Waals surface area contributed by atoms with Crippen molar-refractivity contribution in [2.45, 2.75) is 45.6 Å². The number of nitrogens with zero attached hydrogens (tertiary/aromatic N) is 2. The number of carbonyl (C=O) groups excluding carboxylic acids is 3. The molecule has 1 unspecified atom stereocenters. The Morgan fingerprint density at radius 3 is 2.69 bits per heavy atom. The molecule has 0 bridgehead atoms. The van der Waals surface area contributed by atoms with Crippen LogP contribution in [0.2, 0.25) is 0 Å². The summed E-state index contributed by atoms with van der Waals surface area (Å²) in [5.74, 6) is -0.720. The van der Waals surface area contributed by atoms with Gasteiger partial charge in [0, 0.05) is 24.7 Å². The number of likely N-dealkylation sites (N-methyl/N-ethyl adjacent to an activating group) is 1. The zero-order valence-corrected chi connectivity index (χ0v) is 15.6. The molecule has 1 atom stereocenters. The van der Waals surface area contributed by atoms with E-state index < -0.39 is 0 Å². The summed E-state index contributed by atoms with van der Waals surface area (Å²) in [6, 6.07) is 4.94. The van der Waals surface area contributed by atoms with Gasteiger partial charge in [-0.05, 0) is 50.6 Å². The van der Waals surface area contributed by atoms with E-state index in [0.29, 0.717) is 23.2 Å². The van der Waals surface area contributed by atoms with Gasteiger partial charge >= 0.3 is 0 Å². The zero-order valence-electron chi connectivity index (χ0n) is 15.6. The summed E-state index contributed by atoms with van der Waals surface area (Å²) in [5.41, 5.74) is 1.19. The number of amides is 3. The molecule has 6 heteroatoms. The van der Waals surface area contributed by atoms with Gasteiger partial charge in [-0.1, -0.05) is 20.3 Å². The Morgan fingerprint density at radius 1 is 1.19 bits per heavy atom. The van der Waals surface area contributed by atoms with Crippen LogP contribution in [0.15, 0.2) is 18.2 Å². The molecule has 1 fully saturated rings. The van der Waals surface area contributed by atoms with Gasteiger partial charge in [0.25, 0.3) is 17.7 Å². The number of hydrogen-bond donors (Lipinski definition) is 1. The average molecular weight is 357 g/mol. The second-order valence-electron chi connectivity index (χ2n) is 7.08. The fourth-order valence-electron chi connectivity index (χ4n) is 3.68. The van der Waals surface area contributed by atoms with E-state index in [-0.39, 0.29) is 23.8 Å². The second-order valence-corrected chi connectivity index (χ2v) is 7.08. The van der Waals surface area contributed by atoms with E-state index in [1.54, 1.807) is 18.2 Å². The first-order chi connectivity index (χ1) is 12.5. The van der Waals surface area contributed by atoms with E-state index in [0.717, 1.165) is 45.3 Å². The lowest BCUT2D eigenvalue weighted by Crippen LogP contribution is -2.47. The van der Waals surface area contributed by atoms with Crippen molar-refractivity contribution < 1.29 is 14.4 Å². The molecular formula is C20H27N3O3. The van der Waals surface area contributed by atoms with Gasteiger partial charge in [-0.15, -0.1) is 0 Å². The normalized spacial score (nSPS) is 20.4. The van der Waals surface area contributed by atoms with Crippen LogP contribution in [-0.4, -0.2) is 59.7 Å². The number of likely N-dealkylation sites (tertiary alicyclic amines) is 1. The Labute approximate surface area is 154 Å². The van der Waals surface area contributed by atoms with Gasteiger partial charge in [-0.2, -0.15) is 0 Å². The predicted molar refractivity (Wildman–Crippen MR) is 99.3 cm³/mol. The van der Waals surface area contributed by atoms with E-state index in [1.807, 2.05) is 6.92 Å². The maximum atomic E-state index is 12.6. The minimum atomic E-state index is -0.289. The third-order valence-corrected chi connectivity index (χ3v) is 5.26. The number of imide groups is 1. The lowest BCUT2D eigenvalue weighted by molar-refractivity contribution is 0.0652. The van der Waals surface area contributed by atoms with Gasteiger partial charge in [-0.3, -0.25) is 19.3 Å². The molecule has 0 aromatic heterocycles. The molecule has 1 saturated heterocycles. The number of carbonyl (C=O) groups is 3. The Balaban J connectivity index is 1.71. The van der Waals surface area contributed by atoms with Crippen molar-refractivity contribution in [3.8, 4) is 0 Å². The highest BCUT2D eigenvalue weighted by Crippen LogP contribution is 2.24. The molecule has 2 aliphatic rings. The Hall–Kier alpha value is -2.21. The van der Waals surface area contributed by atoms with Crippen LogP contribution in [0.4, 0.5) is 0 Å². The number of benzene rings is 1. The Bertz CT molecular complexity index is 716. The third kappa shape index (κ3) is 3.65. The molecule has 0 radical (unpaired) electrons. The SMILES string of the molecule is CCCCN1C(=O)c2ccc(C(=O)NC3CCCN(CC)C3)cc2C1=O. The molecule has 140 valence electrons. The molecule has 2 aliphatic heterocycles. The average Bonchev–Trinajstić information content (AvgIpc) is 2.90. The minimum Gasteiger partial charge on any atom is -0.348 e. The summed E-state index contributed by atoms with van der Waals surface area (Å²) in [7, 11) is 0. The first-order valence-corrected chi connectivity index (χ1v) is 9.58. The number of fused-ring (bicyclic) bond motifs is 1. The van der Waals surface area contributed by atoms with Crippen LogP contribution in [-0.2, 0) is 0 Å². The number of hydrogen-bond acceptors (Lipinski definition) is 4. The quantitative estimate of drug-likeness (QED) is 0.793. The number of unbranched alkanes of at least 4 members (excludes halogenated alkanes) is 1. The van der Waals surface area contributed by atoms with Crippen LogP contribution in [0.5, 0.6) is 0 Å². The maximum Gasteiger partial charge on any atom is 0.261 e.